The Morgan fingerprint density at radius 1 is 1.22 bits per heavy atom. The Hall–Kier alpha value is -2.10. The van der Waals surface area contributed by atoms with Gasteiger partial charge in [0, 0.05) is 28.8 Å². The summed E-state index contributed by atoms with van der Waals surface area (Å²) in [5.41, 5.74) is 4.82. The lowest BCUT2D eigenvalue weighted by Crippen LogP contribution is -2.26. The molecule has 1 fully saturated rings. The maximum atomic E-state index is 6.44. The van der Waals surface area contributed by atoms with Crippen LogP contribution < -0.4 is 10.6 Å². The molecule has 1 aromatic heterocycles. The van der Waals surface area contributed by atoms with Crippen LogP contribution in [0.4, 0.5) is 5.69 Å². The number of benzene rings is 2. The average Bonchev–Trinajstić information content (AvgIpc) is 3.09. The van der Waals surface area contributed by atoms with Crippen LogP contribution in [0.1, 0.15) is 36.9 Å². The van der Waals surface area contributed by atoms with Crippen molar-refractivity contribution < 1.29 is 0 Å². The molecule has 140 valence electrons. The van der Waals surface area contributed by atoms with E-state index in [1.807, 2.05) is 18.3 Å². The molecule has 0 spiro atoms. The van der Waals surface area contributed by atoms with E-state index in [-0.39, 0.29) is 11.5 Å². The van der Waals surface area contributed by atoms with Gasteiger partial charge in [0.15, 0.2) is 0 Å². The third kappa shape index (κ3) is 3.95. The number of nitrogens with zero attached hydrogens (tertiary/aromatic N) is 1. The van der Waals surface area contributed by atoms with Crippen molar-refractivity contribution in [3.63, 3.8) is 0 Å². The molecule has 1 aliphatic heterocycles. The Balaban J connectivity index is 1.68. The molecular formula is C23H26ClN3. The van der Waals surface area contributed by atoms with Crippen LogP contribution >= 0.6 is 11.6 Å². The SMILES string of the molecule is Cc1c(Cl)cccc1C(CC1(C)CCNC1)Nc1ccc2cccnc2c1. The first kappa shape index (κ1) is 18.3. The standard InChI is InChI=1S/C23H26ClN3/c1-16-19(6-3-7-20(16)24)22(14-23(2)10-12-25-15-23)27-18-9-8-17-5-4-11-26-21(17)13-18/h3-9,11,13,22,25,27H,10,12,14-15H2,1-2H3. The molecule has 1 saturated heterocycles. The molecule has 4 rings (SSSR count). The highest BCUT2D eigenvalue weighted by Crippen LogP contribution is 2.39. The van der Waals surface area contributed by atoms with Crippen LogP contribution in [0.2, 0.25) is 5.02 Å². The van der Waals surface area contributed by atoms with E-state index in [9.17, 15) is 0 Å². The summed E-state index contributed by atoms with van der Waals surface area (Å²) in [6.07, 6.45) is 4.10. The van der Waals surface area contributed by atoms with Gasteiger partial charge in [-0.15, -0.1) is 0 Å². The number of nitrogens with one attached hydrogen (secondary N) is 2. The van der Waals surface area contributed by atoms with Gasteiger partial charge < -0.3 is 10.6 Å². The van der Waals surface area contributed by atoms with Crippen LogP contribution in [0, 0.1) is 12.3 Å². The minimum atomic E-state index is 0.203. The predicted molar refractivity (Wildman–Crippen MR) is 115 cm³/mol. The van der Waals surface area contributed by atoms with Gasteiger partial charge in [-0.25, -0.2) is 0 Å². The topological polar surface area (TPSA) is 37.0 Å². The Kier molecular flexibility index (Phi) is 5.07. The van der Waals surface area contributed by atoms with Gasteiger partial charge in [0.05, 0.1) is 11.6 Å². The summed E-state index contributed by atoms with van der Waals surface area (Å²) in [6.45, 7) is 6.65. The molecule has 2 unspecified atom stereocenters. The Labute approximate surface area is 166 Å². The monoisotopic (exact) mass is 379 g/mol. The van der Waals surface area contributed by atoms with E-state index in [4.69, 9.17) is 11.6 Å². The Bertz CT molecular complexity index is 947. The molecule has 0 bridgehead atoms. The molecule has 2 aromatic carbocycles. The number of halogens is 1. The first-order chi connectivity index (χ1) is 13.0. The number of rotatable bonds is 5. The minimum absolute atomic E-state index is 0.203. The first-order valence-electron chi connectivity index (χ1n) is 9.61. The largest absolute Gasteiger partial charge is 0.378 e. The fraction of sp³-hybridized carbons (Fsp3) is 0.348. The molecule has 27 heavy (non-hydrogen) atoms. The van der Waals surface area contributed by atoms with Crippen molar-refractivity contribution in [2.75, 3.05) is 18.4 Å². The van der Waals surface area contributed by atoms with E-state index in [0.717, 1.165) is 46.7 Å². The molecule has 2 N–H and O–H groups in total. The molecular weight excluding hydrogens is 354 g/mol. The zero-order chi connectivity index (χ0) is 18.9. The van der Waals surface area contributed by atoms with Crippen LogP contribution in [0.15, 0.2) is 54.7 Å². The van der Waals surface area contributed by atoms with Crippen LogP contribution in [-0.2, 0) is 0 Å². The van der Waals surface area contributed by atoms with Crippen molar-refractivity contribution in [2.45, 2.75) is 32.7 Å². The molecule has 0 radical (unpaired) electrons. The van der Waals surface area contributed by atoms with Crippen molar-refractivity contribution in [1.82, 2.24) is 10.3 Å². The molecule has 0 saturated carbocycles. The summed E-state index contributed by atoms with van der Waals surface area (Å²) in [6, 6.07) is 16.9. The molecule has 2 heterocycles. The summed E-state index contributed by atoms with van der Waals surface area (Å²) in [5.74, 6) is 0. The van der Waals surface area contributed by atoms with E-state index in [0.29, 0.717) is 0 Å². The molecule has 2 atom stereocenters. The van der Waals surface area contributed by atoms with Gasteiger partial charge in [-0.2, -0.15) is 0 Å². The lowest BCUT2D eigenvalue weighted by atomic mass is 9.80. The Morgan fingerprint density at radius 2 is 2.11 bits per heavy atom. The van der Waals surface area contributed by atoms with E-state index < -0.39 is 0 Å². The molecule has 0 amide bonds. The van der Waals surface area contributed by atoms with Crippen molar-refractivity contribution in [1.29, 1.82) is 0 Å². The number of hydrogen-bond donors (Lipinski definition) is 2. The third-order valence-electron chi connectivity index (χ3n) is 5.79. The summed E-state index contributed by atoms with van der Waals surface area (Å²) < 4.78 is 0. The van der Waals surface area contributed by atoms with E-state index in [1.54, 1.807) is 0 Å². The zero-order valence-electron chi connectivity index (χ0n) is 15.9. The van der Waals surface area contributed by atoms with Gasteiger partial charge in [-0.05, 0) is 67.1 Å². The second-order valence-corrected chi connectivity index (χ2v) is 8.41. The molecule has 1 aliphatic rings. The first-order valence-corrected chi connectivity index (χ1v) is 9.99. The lowest BCUT2D eigenvalue weighted by molar-refractivity contribution is 0.313. The summed E-state index contributed by atoms with van der Waals surface area (Å²) in [7, 11) is 0. The fourth-order valence-corrected chi connectivity index (χ4v) is 4.32. The van der Waals surface area contributed by atoms with E-state index >= 15 is 0 Å². The van der Waals surface area contributed by atoms with Gasteiger partial charge in [0.2, 0.25) is 0 Å². The van der Waals surface area contributed by atoms with Crippen LogP contribution in [0.5, 0.6) is 0 Å². The number of fused-ring (bicyclic) bond motifs is 1. The molecule has 3 aromatic rings. The van der Waals surface area contributed by atoms with E-state index in [1.165, 1.54) is 12.0 Å². The van der Waals surface area contributed by atoms with Gasteiger partial charge in [-0.1, -0.05) is 42.8 Å². The normalized spacial score (nSPS) is 20.7. The van der Waals surface area contributed by atoms with Gasteiger partial charge >= 0.3 is 0 Å². The van der Waals surface area contributed by atoms with E-state index in [2.05, 4.69) is 65.9 Å². The van der Waals surface area contributed by atoms with Crippen molar-refractivity contribution in [3.8, 4) is 0 Å². The molecule has 4 heteroatoms. The molecule has 0 aliphatic carbocycles. The maximum Gasteiger partial charge on any atom is 0.0722 e. The Morgan fingerprint density at radius 3 is 2.93 bits per heavy atom. The van der Waals surface area contributed by atoms with Crippen molar-refractivity contribution in [2.24, 2.45) is 5.41 Å². The summed E-state index contributed by atoms with van der Waals surface area (Å²) in [5, 5.41) is 9.29. The second kappa shape index (κ2) is 7.49. The molecule has 3 nitrogen and oxygen atoms in total. The number of pyridine rings is 1. The third-order valence-corrected chi connectivity index (χ3v) is 6.20. The number of hydrogen-bond acceptors (Lipinski definition) is 3. The highest BCUT2D eigenvalue weighted by atomic mass is 35.5. The summed E-state index contributed by atoms with van der Waals surface area (Å²) >= 11 is 6.44. The zero-order valence-corrected chi connectivity index (χ0v) is 16.7. The number of aromatic nitrogens is 1. The maximum absolute atomic E-state index is 6.44. The van der Waals surface area contributed by atoms with Crippen molar-refractivity contribution >= 4 is 28.2 Å². The van der Waals surface area contributed by atoms with Crippen LogP contribution in [-0.4, -0.2) is 18.1 Å². The van der Waals surface area contributed by atoms with Gasteiger partial charge in [-0.3, -0.25) is 4.98 Å². The average molecular weight is 380 g/mol. The highest BCUT2D eigenvalue weighted by Gasteiger charge is 2.32. The highest BCUT2D eigenvalue weighted by molar-refractivity contribution is 6.31. The van der Waals surface area contributed by atoms with Gasteiger partial charge in [0.1, 0.15) is 0 Å². The van der Waals surface area contributed by atoms with Crippen LogP contribution in [0.3, 0.4) is 0 Å². The predicted octanol–water partition coefficient (Wildman–Crippen LogP) is 5.74. The fourth-order valence-electron chi connectivity index (χ4n) is 4.13. The minimum Gasteiger partial charge on any atom is -0.378 e. The lowest BCUT2D eigenvalue weighted by Gasteiger charge is -2.31. The van der Waals surface area contributed by atoms with Crippen LogP contribution in [0.25, 0.3) is 10.9 Å². The summed E-state index contributed by atoms with van der Waals surface area (Å²) in [4.78, 5) is 4.50. The van der Waals surface area contributed by atoms with Gasteiger partial charge in [0.25, 0.3) is 0 Å². The second-order valence-electron chi connectivity index (χ2n) is 8.00. The van der Waals surface area contributed by atoms with Crippen molar-refractivity contribution in [3.05, 3.63) is 70.9 Å². The smallest absolute Gasteiger partial charge is 0.0722 e. The quantitative estimate of drug-likeness (QED) is 0.593. The number of anilines is 1.